The van der Waals surface area contributed by atoms with Gasteiger partial charge in [-0.3, -0.25) is 4.79 Å². The monoisotopic (exact) mass is 274 g/mol. The molecule has 110 valence electrons. The molecule has 0 spiro atoms. The van der Waals surface area contributed by atoms with Crippen LogP contribution < -0.4 is 0 Å². The Balaban J connectivity index is 2.78. The first-order valence-corrected chi connectivity index (χ1v) is 7.45. The highest BCUT2D eigenvalue weighted by Gasteiger charge is 2.28. The maximum absolute atomic E-state index is 12.3. The predicted octanol–water partition coefficient (Wildman–Crippen LogP) is 5.09. The van der Waals surface area contributed by atoms with Gasteiger partial charge in [-0.2, -0.15) is 0 Å². The molecular weight excluding hydrogens is 248 g/mol. The molecule has 0 radical (unpaired) electrons. The minimum absolute atomic E-state index is 0.147. The van der Waals surface area contributed by atoms with Gasteiger partial charge in [0.1, 0.15) is 5.76 Å². The minimum Gasteiger partial charge on any atom is -0.426 e. The first kappa shape index (κ1) is 16.5. The van der Waals surface area contributed by atoms with E-state index in [0.29, 0.717) is 5.76 Å². The summed E-state index contributed by atoms with van der Waals surface area (Å²) in [7, 11) is 0. The van der Waals surface area contributed by atoms with Crippen LogP contribution in [0.3, 0.4) is 0 Å². The molecule has 0 fully saturated rings. The Kier molecular flexibility index (Phi) is 6.50. The molecule has 0 aromatic rings. The zero-order chi connectivity index (χ0) is 15.0. The van der Waals surface area contributed by atoms with Crippen molar-refractivity contribution in [3.63, 3.8) is 0 Å². The summed E-state index contributed by atoms with van der Waals surface area (Å²) in [5.41, 5.74) is 0.732. The molecule has 0 aromatic heterocycles. The lowest BCUT2D eigenvalue weighted by atomic mass is 9.88. The number of rotatable bonds is 6. The zero-order valence-corrected chi connectivity index (χ0v) is 13.1. The van der Waals surface area contributed by atoms with Crippen molar-refractivity contribution in [3.8, 4) is 0 Å². The number of allylic oxidation sites excluding steroid dienone is 7. The Bertz CT molecular complexity index is 448. The van der Waals surface area contributed by atoms with Crippen molar-refractivity contribution in [1.82, 2.24) is 0 Å². The predicted molar refractivity (Wildman–Crippen MR) is 84.1 cm³/mol. The van der Waals surface area contributed by atoms with E-state index in [0.717, 1.165) is 31.3 Å². The quantitative estimate of drug-likeness (QED) is 0.498. The molecule has 0 aliphatic heterocycles. The fraction of sp³-hybridized carbons (Fsp3) is 0.500. The Morgan fingerprint density at radius 1 is 1.35 bits per heavy atom. The standard InChI is InChI=1S/C18H26O2/c1-5-10-16(14-15-11-8-7-9-12-15)20-17(19)18(3,4)13-6-2/h7-11,14H,5-6,12-13H2,1-4H3/b15-14-,16-10+. The molecule has 0 amide bonds. The fourth-order valence-electron chi connectivity index (χ4n) is 2.12. The van der Waals surface area contributed by atoms with E-state index in [-0.39, 0.29) is 5.97 Å². The van der Waals surface area contributed by atoms with Gasteiger partial charge in [-0.15, -0.1) is 0 Å². The largest absolute Gasteiger partial charge is 0.426 e. The number of carbonyl (C=O) groups is 1. The topological polar surface area (TPSA) is 26.3 Å². The Hall–Kier alpha value is -1.57. The Morgan fingerprint density at radius 3 is 2.65 bits per heavy atom. The Morgan fingerprint density at radius 2 is 2.10 bits per heavy atom. The van der Waals surface area contributed by atoms with Crippen LogP contribution in [-0.2, 0) is 9.53 Å². The molecule has 0 atom stereocenters. The van der Waals surface area contributed by atoms with Gasteiger partial charge in [0.25, 0.3) is 0 Å². The third kappa shape index (κ3) is 5.20. The molecular formula is C18H26O2. The van der Waals surface area contributed by atoms with E-state index in [1.807, 2.05) is 45.1 Å². The normalized spacial score (nSPS) is 17.6. The third-order valence-corrected chi connectivity index (χ3v) is 3.28. The van der Waals surface area contributed by atoms with Gasteiger partial charge in [-0.05, 0) is 50.8 Å². The average Bonchev–Trinajstić information content (AvgIpc) is 2.40. The summed E-state index contributed by atoms with van der Waals surface area (Å²) >= 11 is 0. The SMILES string of the molecule is CC/C=C(\C=C1\C=CC=CC1)OC(=O)C(C)(C)CCC. The highest BCUT2D eigenvalue weighted by molar-refractivity contribution is 5.77. The van der Waals surface area contributed by atoms with Gasteiger partial charge in [-0.1, -0.05) is 44.6 Å². The van der Waals surface area contributed by atoms with Crippen molar-refractivity contribution in [3.05, 3.63) is 47.8 Å². The molecule has 0 bridgehead atoms. The van der Waals surface area contributed by atoms with E-state index in [1.54, 1.807) is 0 Å². The van der Waals surface area contributed by atoms with E-state index in [2.05, 4.69) is 19.1 Å². The van der Waals surface area contributed by atoms with Crippen LogP contribution in [-0.4, -0.2) is 5.97 Å². The highest BCUT2D eigenvalue weighted by atomic mass is 16.5. The number of esters is 1. The van der Waals surface area contributed by atoms with Crippen LogP contribution in [0, 0.1) is 5.41 Å². The summed E-state index contributed by atoms with van der Waals surface area (Å²) in [4.78, 5) is 12.3. The molecule has 1 aliphatic rings. The van der Waals surface area contributed by atoms with Crippen LogP contribution >= 0.6 is 0 Å². The van der Waals surface area contributed by atoms with E-state index in [4.69, 9.17) is 4.74 Å². The van der Waals surface area contributed by atoms with Crippen LogP contribution in [0.25, 0.3) is 0 Å². The van der Waals surface area contributed by atoms with E-state index in [9.17, 15) is 4.79 Å². The number of hydrogen-bond donors (Lipinski definition) is 0. The average molecular weight is 274 g/mol. The molecule has 0 N–H and O–H groups in total. The summed E-state index contributed by atoms with van der Waals surface area (Å²) < 4.78 is 5.60. The lowest BCUT2D eigenvalue weighted by molar-refractivity contribution is -0.149. The van der Waals surface area contributed by atoms with Crippen molar-refractivity contribution >= 4 is 5.97 Å². The maximum Gasteiger partial charge on any atom is 0.316 e. The first-order valence-electron chi connectivity index (χ1n) is 7.45. The van der Waals surface area contributed by atoms with Crippen LogP contribution in [0.1, 0.15) is 53.4 Å². The van der Waals surface area contributed by atoms with Gasteiger partial charge >= 0.3 is 5.97 Å². The lowest BCUT2D eigenvalue weighted by Gasteiger charge is -2.22. The van der Waals surface area contributed by atoms with E-state index < -0.39 is 5.41 Å². The van der Waals surface area contributed by atoms with Crippen molar-refractivity contribution in [1.29, 1.82) is 0 Å². The summed E-state index contributed by atoms with van der Waals surface area (Å²) in [5.74, 6) is 0.517. The molecule has 1 aliphatic carbocycles. The fourth-order valence-corrected chi connectivity index (χ4v) is 2.12. The molecule has 0 aromatic carbocycles. The summed E-state index contributed by atoms with van der Waals surface area (Å²) in [5, 5.41) is 0. The van der Waals surface area contributed by atoms with Gasteiger partial charge in [-0.25, -0.2) is 0 Å². The van der Waals surface area contributed by atoms with Gasteiger partial charge < -0.3 is 4.74 Å². The van der Waals surface area contributed by atoms with Crippen LogP contribution in [0.15, 0.2) is 47.8 Å². The molecule has 2 nitrogen and oxygen atoms in total. The molecule has 0 saturated heterocycles. The molecule has 0 unspecified atom stereocenters. The van der Waals surface area contributed by atoms with Crippen LogP contribution in [0.4, 0.5) is 0 Å². The molecule has 1 rings (SSSR count). The lowest BCUT2D eigenvalue weighted by Crippen LogP contribution is -2.26. The second kappa shape index (κ2) is 7.88. The number of carbonyl (C=O) groups excluding carboxylic acids is 1. The number of ether oxygens (including phenoxy) is 1. The van der Waals surface area contributed by atoms with Crippen LogP contribution in [0.2, 0.25) is 0 Å². The third-order valence-electron chi connectivity index (χ3n) is 3.28. The van der Waals surface area contributed by atoms with Crippen molar-refractivity contribution in [2.24, 2.45) is 5.41 Å². The van der Waals surface area contributed by atoms with Gasteiger partial charge in [0.15, 0.2) is 0 Å². The number of hydrogen-bond acceptors (Lipinski definition) is 2. The molecule has 0 saturated carbocycles. The molecule has 0 heterocycles. The molecule has 20 heavy (non-hydrogen) atoms. The van der Waals surface area contributed by atoms with Gasteiger partial charge in [0, 0.05) is 0 Å². The van der Waals surface area contributed by atoms with Gasteiger partial charge in [0.05, 0.1) is 5.41 Å². The Labute approximate surface area is 122 Å². The first-order chi connectivity index (χ1) is 9.49. The summed E-state index contributed by atoms with van der Waals surface area (Å²) in [6, 6.07) is 0. The summed E-state index contributed by atoms with van der Waals surface area (Å²) in [6.45, 7) is 8.01. The second-order valence-electron chi connectivity index (χ2n) is 5.75. The van der Waals surface area contributed by atoms with Crippen molar-refractivity contribution in [2.45, 2.75) is 53.4 Å². The van der Waals surface area contributed by atoms with Crippen LogP contribution in [0.5, 0.6) is 0 Å². The van der Waals surface area contributed by atoms with Gasteiger partial charge in [0.2, 0.25) is 0 Å². The summed E-state index contributed by atoms with van der Waals surface area (Å²) in [6.07, 6.45) is 15.6. The zero-order valence-electron chi connectivity index (χ0n) is 13.1. The smallest absolute Gasteiger partial charge is 0.316 e. The van der Waals surface area contributed by atoms with E-state index >= 15 is 0 Å². The maximum atomic E-state index is 12.3. The molecule has 2 heteroatoms. The van der Waals surface area contributed by atoms with Crippen molar-refractivity contribution in [2.75, 3.05) is 0 Å². The highest BCUT2D eigenvalue weighted by Crippen LogP contribution is 2.26. The minimum atomic E-state index is -0.428. The van der Waals surface area contributed by atoms with Crippen molar-refractivity contribution < 1.29 is 9.53 Å². The van der Waals surface area contributed by atoms with E-state index in [1.165, 1.54) is 0 Å². The second-order valence-corrected chi connectivity index (χ2v) is 5.75.